The molecule has 1 amide bonds. The molecule has 30 heavy (non-hydrogen) atoms. The van der Waals surface area contributed by atoms with Gasteiger partial charge in [0.1, 0.15) is 11.5 Å². The smallest absolute Gasteiger partial charge is 0.227 e. The number of nitrogens with zero attached hydrogens (tertiary/aromatic N) is 1. The van der Waals surface area contributed by atoms with Crippen LogP contribution in [-0.2, 0) is 4.79 Å². The number of para-hydroxylation sites is 1. The predicted octanol–water partition coefficient (Wildman–Crippen LogP) is 5.89. The summed E-state index contributed by atoms with van der Waals surface area (Å²) in [6.07, 6.45) is 0.430. The third-order valence-electron chi connectivity index (χ3n) is 5.39. The van der Waals surface area contributed by atoms with Gasteiger partial charge in [0.05, 0.1) is 5.02 Å². The van der Waals surface area contributed by atoms with Crippen LogP contribution in [0, 0.1) is 6.92 Å². The Morgan fingerprint density at radius 1 is 1.10 bits per heavy atom. The Kier molecular flexibility index (Phi) is 5.51. The van der Waals surface area contributed by atoms with Gasteiger partial charge in [-0.25, -0.2) is 0 Å². The van der Waals surface area contributed by atoms with Gasteiger partial charge in [0.15, 0.2) is 0 Å². The number of anilines is 1. The van der Waals surface area contributed by atoms with Gasteiger partial charge < -0.3 is 15.4 Å². The number of hydrogen-bond acceptors (Lipinski definition) is 3. The average molecular weight is 419 g/mol. The summed E-state index contributed by atoms with van der Waals surface area (Å²) in [7, 11) is 0. The van der Waals surface area contributed by atoms with E-state index in [2.05, 4.69) is 6.58 Å². The van der Waals surface area contributed by atoms with Gasteiger partial charge in [0, 0.05) is 30.3 Å². The highest BCUT2D eigenvalue weighted by atomic mass is 35.5. The Labute approximate surface area is 181 Å². The molecular weight excluding hydrogens is 396 g/mol. The van der Waals surface area contributed by atoms with Crippen LogP contribution in [0.15, 0.2) is 73.3 Å². The molecule has 152 valence electrons. The first-order valence-corrected chi connectivity index (χ1v) is 10.2. The number of amides is 1. The highest BCUT2D eigenvalue weighted by Gasteiger charge is 2.32. The van der Waals surface area contributed by atoms with E-state index in [-0.39, 0.29) is 11.8 Å². The first-order chi connectivity index (χ1) is 14.4. The first kappa shape index (κ1) is 20.0. The van der Waals surface area contributed by atoms with E-state index in [1.54, 1.807) is 4.90 Å². The van der Waals surface area contributed by atoms with Crippen molar-refractivity contribution < 1.29 is 9.53 Å². The summed E-state index contributed by atoms with van der Waals surface area (Å²) in [6, 6.07) is 21.1. The number of halogens is 1. The van der Waals surface area contributed by atoms with E-state index >= 15 is 0 Å². The fourth-order valence-corrected chi connectivity index (χ4v) is 3.85. The summed E-state index contributed by atoms with van der Waals surface area (Å²) in [5, 5.41) is 0.539. The van der Waals surface area contributed by atoms with E-state index in [9.17, 15) is 4.79 Å². The van der Waals surface area contributed by atoms with Gasteiger partial charge >= 0.3 is 0 Å². The Bertz CT molecular complexity index is 1130. The van der Waals surface area contributed by atoms with Gasteiger partial charge in [-0.05, 0) is 53.9 Å². The van der Waals surface area contributed by atoms with Crippen molar-refractivity contribution in [1.29, 1.82) is 0 Å². The molecule has 3 aromatic carbocycles. The molecule has 0 bridgehead atoms. The number of carbonyl (C=O) groups is 1. The largest absolute Gasteiger partial charge is 0.456 e. The van der Waals surface area contributed by atoms with E-state index < -0.39 is 0 Å². The molecule has 0 aromatic heterocycles. The van der Waals surface area contributed by atoms with Crippen LogP contribution in [0.5, 0.6) is 11.5 Å². The molecule has 0 unspecified atom stereocenters. The summed E-state index contributed by atoms with van der Waals surface area (Å²) < 4.78 is 6.07. The standard InChI is InChI=1S/C25H23ClN2O2/c1-16-6-3-4-9-23(16)30-24-13-19(10-11-22(24)26)20-14-25(29)28(15-20)21-8-5-7-18(12-21)17(2)27/h3-13,20H,2,14-15,27H2,1H3/t20-/m0/s1. The molecule has 0 radical (unpaired) electrons. The molecule has 1 atom stereocenters. The normalized spacial score (nSPS) is 16.0. The Balaban J connectivity index is 1.58. The minimum atomic E-state index is 0.0544. The molecule has 4 rings (SSSR count). The van der Waals surface area contributed by atoms with Crippen LogP contribution in [0.1, 0.15) is 29.0 Å². The predicted molar refractivity (Wildman–Crippen MR) is 122 cm³/mol. The number of hydrogen-bond donors (Lipinski definition) is 1. The highest BCUT2D eigenvalue weighted by molar-refractivity contribution is 6.32. The number of carbonyl (C=O) groups excluding carboxylic acids is 1. The molecule has 0 saturated carbocycles. The van der Waals surface area contributed by atoms with Gasteiger partial charge in [0.25, 0.3) is 0 Å². The summed E-state index contributed by atoms with van der Waals surface area (Å²) in [6.45, 7) is 6.36. The maximum Gasteiger partial charge on any atom is 0.227 e. The lowest BCUT2D eigenvalue weighted by Gasteiger charge is -2.18. The molecule has 0 aliphatic carbocycles. The molecule has 1 fully saturated rings. The molecule has 1 saturated heterocycles. The van der Waals surface area contributed by atoms with Gasteiger partial charge in [0.2, 0.25) is 5.91 Å². The lowest BCUT2D eigenvalue weighted by molar-refractivity contribution is -0.117. The number of ether oxygens (including phenoxy) is 1. The van der Waals surface area contributed by atoms with Crippen LogP contribution in [0.25, 0.3) is 5.70 Å². The van der Waals surface area contributed by atoms with Crippen LogP contribution in [0.4, 0.5) is 5.69 Å². The Hall–Kier alpha value is -3.24. The van der Waals surface area contributed by atoms with Crippen molar-refractivity contribution in [3.05, 3.63) is 95.0 Å². The fraction of sp³-hybridized carbons (Fsp3) is 0.160. The number of aryl methyl sites for hydroxylation is 1. The molecule has 1 aliphatic heterocycles. The van der Waals surface area contributed by atoms with E-state index in [0.29, 0.717) is 29.4 Å². The average Bonchev–Trinajstić information content (AvgIpc) is 3.13. The Morgan fingerprint density at radius 3 is 2.67 bits per heavy atom. The summed E-state index contributed by atoms with van der Waals surface area (Å²) >= 11 is 6.38. The minimum absolute atomic E-state index is 0.0544. The second kappa shape index (κ2) is 8.25. The van der Waals surface area contributed by atoms with E-state index in [1.165, 1.54) is 0 Å². The SMILES string of the molecule is C=C(N)c1cccc(N2C[C@@H](c3ccc(Cl)c(Oc4ccccc4C)c3)CC2=O)c1. The number of nitrogens with two attached hydrogens (primary N) is 1. The maximum absolute atomic E-state index is 12.7. The monoisotopic (exact) mass is 418 g/mol. The van der Waals surface area contributed by atoms with Crippen molar-refractivity contribution in [2.45, 2.75) is 19.3 Å². The zero-order chi connectivity index (χ0) is 21.3. The summed E-state index contributed by atoms with van der Waals surface area (Å²) in [5.74, 6) is 1.49. The van der Waals surface area contributed by atoms with Crippen molar-refractivity contribution in [2.75, 3.05) is 11.4 Å². The van der Waals surface area contributed by atoms with Crippen molar-refractivity contribution in [2.24, 2.45) is 5.73 Å². The quantitative estimate of drug-likeness (QED) is 0.562. The van der Waals surface area contributed by atoms with Gasteiger partial charge in [-0.15, -0.1) is 0 Å². The third-order valence-corrected chi connectivity index (χ3v) is 5.71. The molecule has 1 aliphatic rings. The van der Waals surface area contributed by atoms with Gasteiger partial charge in [-0.1, -0.05) is 54.6 Å². The topological polar surface area (TPSA) is 55.6 Å². The molecule has 5 heteroatoms. The highest BCUT2D eigenvalue weighted by Crippen LogP contribution is 2.37. The lowest BCUT2D eigenvalue weighted by atomic mass is 9.98. The van der Waals surface area contributed by atoms with Gasteiger partial charge in [-0.2, -0.15) is 0 Å². The van der Waals surface area contributed by atoms with Crippen LogP contribution >= 0.6 is 11.6 Å². The minimum Gasteiger partial charge on any atom is -0.456 e. The summed E-state index contributed by atoms with van der Waals surface area (Å²) in [5.41, 5.74) is 10.0. The Morgan fingerprint density at radius 2 is 1.90 bits per heavy atom. The molecule has 1 heterocycles. The molecular formula is C25H23ClN2O2. The molecule has 2 N–H and O–H groups in total. The molecule has 4 nitrogen and oxygen atoms in total. The fourth-order valence-electron chi connectivity index (χ4n) is 3.70. The van der Waals surface area contributed by atoms with E-state index in [4.69, 9.17) is 22.1 Å². The second-order valence-corrected chi connectivity index (χ2v) is 7.95. The van der Waals surface area contributed by atoms with Crippen LogP contribution in [-0.4, -0.2) is 12.5 Å². The number of rotatable bonds is 5. The van der Waals surface area contributed by atoms with Crippen LogP contribution < -0.4 is 15.4 Å². The molecule has 3 aromatic rings. The lowest BCUT2D eigenvalue weighted by Crippen LogP contribution is -2.24. The van der Waals surface area contributed by atoms with E-state index in [1.807, 2.05) is 73.7 Å². The van der Waals surface area contributed by atoms with Gasteiger partial charge in [-0.3, -0.25) is 4.79 Å². The van der Waals surface area contributed by atoms with Crippen molar-refractivity contribution in [3.8, 4) is 11.5 Å². The first-order valence-electron chi connectivity index (χ1n) is 9.80. The molecule has 0 spiro atoms. The van der Waals surface area contributed by atoms with Crippen molar-refractivity contribution >= 4 is 28.9 Å². The van der Waals surface area contributed by atoms with Crippen molar-refractivity contribution in [3.63, 3.8) is 0 Å². The third kappa shape index (κ3) is 4.05. The number of benzene rings is 3. The zero-order valence-corrected chi connectivity index (χ0v) is 17.5. The maximum atomic E-state index is 12.7. The second-order valence-electron chi connectivity index (χ2n) is 7.54. The van der Waals surface area contributed by atoms with Crippen molar-refractivity contribution in [1.82, 2.24) is 0 Å². The summed E-state index contributed by atoms with van der Waals surface area (Å²) in [4.78, 5) is 14.5. The zero-order valence-electron chi connectivity index (χ0n) is 16.8. The van der Waals surface area contributed by atoms with E-state index in [0.717, 1.165) is 28.1 Å². The van der Waals surface area contributed by atoms with Crippen LogP contribution in [0.2, 0.25) is 5.02 Å². The van der Waals surface area contributed by atoms with Crippen LogP contribution in [0.3, 0.4) is 0 Å².